The number of nitrogens with zero attached hydrogens (tertiary/aromatic N) is 4. The second-order valence-corrected chi connectivity index (χ2v) is 10.2. The zero-order valence-electron chi connectivity index (χ0n) is 20.2. The Morgan fingerprint density at radius 3 is 2.35 bits per heavy atom. The van der Waals surface area contributed by atoms with Crippen molar-refractivity contribution in [2.45, 2.75) is 68.9 Å². The molecule has 34 heavy (non-hydrogen) atoms. The van der Waals surface area contributed by atoms with Gasteiger partial charge in [-0.3, -0.25) is 14.3 Å². The van der Waals surface area contributed by atoms with E-state index in [1.165, 1.54) is 31.0 Å². The monoisotopic (exact) mass is 477 g/mol. The third-order valence-electron chi connectivity index (χ3n) is 6.28. The van der Waals surface area contributed by atoms with E-state index < -0.39 is 0 Å². The van der Waals surface area contributed by atoms with Crippen LogP contribution in [0.25, 0.3) is 5.69 Å². The van der Waals surface area contributed by atoms with E-state index in [-0.39, 0.29) is 17.2 Å². The number of thioether (sulfide) groups is 1. The van der Waals surface area contributed by atoms with E-state index in [0.717, 1.165) is 54.7 Å². The number of hydrogen-bond donors (Lipinski definition) is 1. The molecule has 1 aliphatic rings. The van der Waals surface area contributed by atoms with Crippen molar-refractivity contribution in [3.8, 4) is 5.69 Å². The van der Waals surface area contributed by atoms with Gasteiger partial charge in [0.25, 0.3) is 0 Å². The Balaban J connectivity index is 1.51. The lowest BCUT2D eigenvalue weighted by Crippen LogP contribution is -2.34. The second kappa shape index (κ2) is 12.2. The molecule has 1 saturated heterocycles. The van der Waals surface area contributed by atoms with Crippen LogP contribution >= 0.6 is 11.8 Å². The Labute approximate surface area is 207 Å². The van der Waals surface area contributed by atoms with E-state index in [1.807, 2.05) is 43.3 Å². The van der Waals surface area contributed by atoms with Gasteiger partial charge in [-0.15, -0.1) is 10.2 Å². The van der Waals surface area contributed by atoms with Crippen molar-refractivity contribution < 1.29 is 4.79 Å². The molecule has 3 aromatic rings. The van der Waals surface area contributed by atoms with Gasteiger partial charge in [-0.25, -0.2) is 0 Å². The van der Waals surface area contributed by atoms with Gasteiger partial charge in [-0.1, -0.05) is 80.1 Å². The maximum Gasteiger partial charge on any atom is 0.233 e. The molecular formula is C27H35N5OS. The van der Waals surface area contributed by atoms with Crippen molar-refractivity contribution >= 4 is 17.7 Å². The Morgan fingerprint density at radius 1 is 1.00 bits per heavy atom. The van der Waals surface area contributed by atoms with E-state index in [1.54, 1.807) is 0 Å². The highest BCUT2D eigenvalue weighted by Gasteiger charge is 2.24. The Bertz CT molecular complexity index is 1030. The summed E-state index contributed by atoms with van der Waals surface area (Å²) in [4.78, 5) is 15.6. The van der Waals surface area contributed by atoms with Crippen LogP contribution in [-0.4, -0.2) is 43.9 Å². The van der Waals surface area contributed by atoms with Crippen LogP contribution in [0.5, 0.6) is 0 Å². The minimum Gasteiger partial charge on any atom is -0.348 e. The summed E-state index contributed by atoms with van der Waals surface area (Å²) in [6.07, 6.45) is 5.69. The van der Waals surface area contributed by atoms with Gasteiger partial charge in [0.05, 0.1) is 17.8 Å². The normalized spacial score (nSPS) is 16.2. The van der Waals surface area contributed by atoms with Gasteiger partial charge in [0.1, 0.15) is 0 Å². The van der Waals surface area contributed by atoms with Crippen LogP contribution in [0.2, 0.25) is 0 Å². The molecule has 2 aromatic carbocycles. The number of para-hydroxylation sites is 1. The molecule has 1 N–H and O–H groups in total. The summed E-state index contributed by atoms with van der Waals surface area (Å²) in [5.74, 6) is 0.948. The van der Waals surface area contributed by atoms with E-state index in [4.69, 9.17) is 0 Å². The standard InChI is InChI=1S/C27H35N5OS/c1-3-13-24(22-14-7-4-8-15-22)28-26(33)21(2)34-27-30-29-25(20-31-18-11-6-12-19-31)32(27)23-16-9-5-10-17-23/h4-5,7-10,14-17,21,24H,3,6,11-13,18-20H2,1-2H3,(H,28,33). The average molecular weight is 478 g/mol. The maximum atomic E-state index is 13.2. The molecule has 2 atom stereocenters. The first kappa shape index (κ1) is 24.5. The number of carbonyl (C=O) groups excluding carboxylic acids is 1. The Kier molecular flexibility index (Phi) is 8.77. The molecule has 2 unspecified atom stereocenters. The minimum absolute atomic E-state index is 0.0170. The molecule has 0 saturated carbocycles. The molecule has 0 bridgehead atoms. The fourth-order valence-corrected chi connectivity index (χ4v) is 5.33. The highest BCUT2D eigenvalue weighted by atomic mass is 32.2. The number of rotatable bonds is 10. The van der Waals surface area contributed by atoms with Gasteiger partial charge in [-0.05, 0) is 57.0 Å². The van der Waals surface area contributed by atoms with Crippen LogP contribution < -0.4 is 5.32 Å². The zero-order chi connectivity index (χ0) is 23.8. The van der Waals surface area contributed by atoms with Gasteiger partial charge in [0.15, 0.2) is 11.0 Å². The number of likely N-dealkylation sites (tertiary alicyclic amines) is 1. The molecule has 0 spiro atoms. The number of hydrogen-bond acceptors (Lipinski definition) is 5. The van der Waals surface area contributed by atoms with Crippen LogP contribution in [0.4, 0.5) is 0 Å². The summed E-state index contributed by atoms with van der Waals surface area (Å²) >= 11 is 1.47. The molecule has 6 nitrogen and oxygen atoms in total. The third-order valence-corrected chi connectivity index (χ3v) is 7.32. The summed E-state index contributed by atoms with van der Waals surface area (Å²) in [5, 5.41) is 12.8. The van der Waals surface area contributed by atoms with Crippen LogP contribution in [0, 0.1) is 0 Å². The van der Waals surface area contributed by atoms with Crippen LogP contribution in [0.1, 0.15) is 63.4 Å². The van der Waals surface area contributed by atoms with Crippen molar-refractivity contribution in [1.29, 1.82) is 0 Å². The predicted molar refractivity (Wildman–Crippen MR) is 138 cm³/mol. The maximum absolute atomic E-state index is 13.2. The molecule has 7 heteroatoms. The minimum atomic E-state index is -0.294. The van der Waals surface area contributed by atoms with E-state index >= 15 is 0 Å². The average Bonchev–Trinajstić information content (AvgIpc) is 3.27. The third kappa shape index (κ3) is 6.27. The number of benzene rings is 2. The second-order valence-electron chi connectivity index (χ2n) is 8.93. The number of aromatic nitrogens is 3. The zero-order valence-corrected chi connectivity index (χ0v) is 21.0. The molecule has 0 radical (unpaired) electrons. The number of carbonyl (C=O) groups is 1. The first-order valence-electron chi connectivity index (χ1n) is 12.4. The highest BCUT2D eigenvalue weighted by Crippen LogP contribution is 2.28. The van der Waals surface area contributed by atoms with Crippen molar-refractivity contribution in [2.24, 2.45) is 0 Å². The lowest BCUT2D eigenvalue weighted by Gasteiger charge is -2.26. The lowest BCUT2D eigenvalue weighted by molar-refractivity contribution is -0.121. The predicted octanol–water partition coefficient (Wildman–Crippen LogP) is 5.39. The molecule has 1 amide bonds. The molecule has 180 valence electrons. The molecule has 1 fully saturated rings. The molecule has 4 rings (SSSR count). The molecule has 1 aromatic heterocycles. The molecular weight excluding hydrogens is 442 g/mol. The van der Waals surface area contributed by atoms with Gasteiger partial charge in [0.2, 0.25) is 5.91 Å². The topological polar surface area (TPSA) is 63.1 Å². The summed E-state index contributed by atoms with van der Waals surface area (Å²) in [6, 6.07) is 20.4. The fourth-order valence-electron chi connectivity index (χ4n) is 4.43. The summed E-state index contributed by atoms with van der Waals surface area (Å²) in [6.45, 7) is 7.06. The summed E-state index contributed by atoms with van der Waals surface area (Å²) in [5.41, 5.74) is 2.17. The van der Waals surface area contributed by atoms with Crippen molar-refractivity contribution in [3.63, 3.8) is 0 Å². The fraction of sp³-hybridized carbons (Fsp3) is 0.444. The van der Waals surface area contributed by atoms with E-state index in [0.29, 0.717) is 0 Å². The lowest BCUT2D eigenvalue weighted by atomic mass is 10.0. The SMILES string of the molecule is CCCC(NC(=O)C(C)Sc1nnc(CN2CCCCC2)n1-c1ccccc1)c1ccccc1. The smallest absolute Gasteiger partial charge is 0.233 e. The van der Waals surface area contributed by atoms with Crippen molar-refractivity contribution in [1.82, 2.24) is 25.0 Å². The number of amides is 1. The van der Waals surface area contributed by atoms with Gasteiger partial charge >= 0.3 is 0 Å². The van der Waals surface area contributed by atoms with E-state index in [9.17, 15) is 4.79 Å². The first-order valence-corrected chi connectivity index (χ1v) is 13.3. The quantitative estimate of drug-likeness (QED) is 0.397. The Morgan fingerprint density at radius 2 is 1.68 bits per heavy atom. The first-order chi connectivity index (χ1) is 16.7. The number of nitrogens with one attached hydrogen (secondary N) is 1. The van der Waals surface area contributed by atoms with Gasteiger partial charge < -0.3 is 5.32 Å². The summed E-state index contributed by atoms with van der Waals surface area (Å²) in [7, 11) is 0. The number of piperidine rings is 1. The molecule has 1 aliphatic heterocycles. The van der Waals surface area contributed by atoms with Crippen LogP contribution in [0.15, 0.2) is 65.8 Å². The van der Waals surface area contributed by atoms with E-state index in [2.05, 4.69) is 56.2 Å². The van der Waals surface area contributed by atoms with Gasteiger partial charge in [0, 0.05) is 5.69 Å². The van der Waals surface area contributed by atoms with Crippen LogP contribution in [-0.2, 0) is 11.3 Å². The summed E-state index contributed by atoms with van der Waals surface area (Å²) < 4.78 is 2.11. The molecule has 0 aliphatic carbocycles. The Hall–Kier alpha value is -2.64. The van der Waals surface area contributed by atoms with Crippen molar-refractivity contribution in [2.75, 3.05) is 13.1 Å². The highest BCUT2D eigenvalue weighted by molar-refractivity contribution is 8.00. The molecule has 2 heterocycles. The van der Waals surface area contributed by atoms with Crippen molar-refractivity contribution in [3.05, 3.63) is 72.1 Å². The largest absolute Gasteiger partial charge is 0.348 e. The van der Waals surface area contributed by atoms with Crippen LogP contribution in [0.3, 0.4) is 0 Å². The van der Waals surface area contributed by atoms with Gasteiger partial charge in [-0.2, -0.15) is 0 Å².